The Morgan fingerprint density at radius 1 is 0.627 bits per heavy atom. The number of hydrogen-bond acceptors (Lipinski definition) is 11. The van der Waals surface area contributed by atoms with Crippen LogP contribution in [0.25, 0.3) is 0 Å². The SMILES string of the molecule is COc1ccc(CN2C3CC2CN(c2ccn[nH]2)C3)cn1.COc1ccc(Cn2ccc(N3CC4CC(C3)N4Cc3ccc(OC)nc3)n2)cc1. The van der Waals surface area contributed by atoms with Crippen molar-refractivity contribution in [2.24, 2.45) is 0 Å². The Kier molecular flexibility index (Phi) is 9.46. The summed E-state index contributed by atoms with van der Waals surface area (Å²) in [6, 6.07) is 22.8. The lowest BCUT2D eigenvalue weighted by Gasteiger charge is -2.56. The van der Waals surface area contributed by atoms with Crippen molar-refractivity contribution < 1.29 is 14.2 Å². The molecule has 13 nitrogen and oxygen atoms in total. The summed E-state index contributed by atoms with van der Waals surface area (Å²) in [5, 5.41) is 11.9. The van der Waals surface area contributed by atoms with E-state index in [1.807, 2.05) is 53.6 Å². The van der Waals surface area contributed by atoms with Gasteiger partial charge in [-0.05, 0) is 41.7 Å². The Labute approximate surface area is 298 Å². The molecule has 4 bridgehead atoms. The quantitative estimate of drug-likeness (QED) is 0.216. The van der Waals surface area contributed by atoms with Gasteiger partial charge in [0.1, 0.15) is 11.6 Å². The van der Waals surface area contributed by atoms with E-state index in [0.717, 1.165) is 63.2 Å². The second kappa shape index (κ2) is 14.6. The maximum absolute atomic E-state index is 5.23. The van der Waals surface area contributed by atoms with Crippen molar-refractivity contribution in [1.82, 2.24) is 39.7 Å². The Bertz CT molecular complexity index is 1820. The molecule has 51 heavy (non-hydrogen) atoms. The van der Waals surface area contributed by atoms with E-state index >= 15 is 0 Å². The number of H-pyrrole nitrogens is 1. The predicted molar refractivity (Wildman–Crippen MR) is 194 cm³/mol. The first-order chi connectivity index (χ1) is 25.0. The van der Waals surface area contributed by atoms with Crippen LogP contribution in [0.1, 0.15) is 29.5 Å². The largest absolute Gasteiger partial charge is 0.497 e. The number of rotatable bonds is 11. The fraction of sp³-hybridized carbons (Fsp3) is 0.421. The van der Waals surface area contributed by atoms with E-state index in [4.69, 9.17) is 19.3 Å². The van der Waals surface area contributed by atoms with Crippen molar-refractivity contribution >= 4 is 11.6 Å². The van der Waals surface area contributed by atoms with Crippen molar-refractivity contribution in [3.8, 4) is 17.5 Å². The van der Waals surface area contributed by atoms with Gasteiger partial charge in [0.25, 0.3) is 0 Å². The molecule has 266 valence electrons. The van der Waals surface area contributed by atoms with Crippen LogP contribution in [0.5, 0.6) is 17.5 Å². The fourth-order valence-electron chi connectivity index (χ4n) is 7.90. The number of anilines is 2. The molecule has 1 aromatic carbocycles. The number of piperazine rings is 2. The van der Waals surface area contributed by atoms with Crippen molar-refractivity contribution in [1.29, 1.82) is 0 Å². The summed E-state index contributed by atoms with van der Waals surface area (Å²) in [4.78, 5) is 18.6. The Morgan fingerprint density at radius 2 is 1.20 bits per heavy atom. The molecule has 0 saturated carbocycles. The van der Waals surface area contributed by atoms with Crippen LogP contribution < -0.4 is 24.0 Å². The van der Waals surface area contributed by atoms with E-state index in [9.17, 15) is 0 Å². The first kappa shape index (κ1) is 33.0. The summed E-state index contributed by atoms with van der Waals surface area (Å²) in [6.45, 7) is 6.89. The van der Waals surface area contributed by atoms with E-state index in [-0.39, 0.29) is 0 Å². The smallest absolute Gasteiger partial charge is 0.212 e. The van der Waals surface area contributed by atoms with E-state index in [1.54, 1.807) is 21.3 Å². The van der Waals surface area contributed by atoms with Gasteiger partial charge < -0.3 is 24.0 Å². The van der Waals surface area contributed by atoms with Crippen molar-refractivity contribution in [3.05, 3.63) is 102 Å². The number of hydrogen-bond donors (Lipinski definition) is 1. The number of fused-ring (bicyclic) bond motifs is 4. The van der Waals surface area contributed by atoms with Gasteiger partial charge in [-0.25, -0.2) is 9.97 Å². The normalized spacial score (nSPS) is 22.3. The Balaban J connectivity index is 0.000000156. The molecule has 6 fully saturated rings. The minimum atomic E-state index is 0.581. The molecule has 0 radical (unpaired) electrons. The van der Waals surface area contributed by atoms with Crippen molar-refractivity contribution in [3.63, 3.8) is 0 Å². The van der Waals surface area contributed by atoms with E-state index < -0.39 is 0 Å². The number of methoxy groups -OCH3 is 3. The number of nitrogens with zero attached hydrogens (tertiary/aromatic N) is 9. The molecule has 0 spiro atoms. The molecule has 13 heteroatoms. The molecule has 10 heterocycles. The molecule has 6 aliphatic heterocycles. The highest BCUT2D eigenvalue weighted by atomic mass is 16.5. The molecular weight excluding hydrogens is 644 g/mol. The standard InChI is InChI=1S/C23H27N5O2.C15H19N5O/c1-29-21-6-3-17(4-7-21)13-27-10-9-22(25-27)26-15-19-11-20(16-26)28(19)14-18-5-8-23(30-2)24-12-18;1-21-15-3-2-11(7-16-15)8-20-12-6-13(20)10-19(9-12)14-4-5-17-18-14/h3-10,12,19-20H,11,13-16H2,1-2H3;2-5,7,12-13H,6,8-10H2,1H3,(H,17,18). The fourth-order valence-corrected chi connectivity index (χ4v) is 7.90. The van der Waals surface area contributed by atoms with Gasteiger partial charge >= 0.3 is 0 Å². The van der Waals surface area contributed by atoms with Gasteiger partial charge in [0.05, 0.1) is 34.1 Å². The number of pyridine rings is 2. The predicted octanol–water partition coefficient (Wildman–Crippen LogP) is 4.08. The maximum Gasteiger partial charge on any atom is 0.212 e. The third-order valence-corrected chi connectivity index (χ3v) is 10.7. The molecule has 4 unspecified atom stereocenters. The molecule has 6 aliphatic rings. The molecule has 11 rings (SSSR count). The topological polar surface area (TPSA) is 113 Å². The van der Waals surface area contributed by atoms with Gasteiger partial charge in [-0.2, -0.15) is 10.2 Å². The monoisotopic (exact) mass is 690 g/mol. The van der Waals surface area contributed by atoms with Crippen LogP contribution in [0.3, 0.4) is 0 Å². The number of piperidine rings is 2. The zero-order valence-corrected chi connectivity index (χ0v) is 29.5. The lowest BCUT2D eigenvalue weighted by Crippen LogP contribution is -2.68. The van der Waals surface area contributed by atoms with Crippen LogP contribution in [0.2, 0.25) is 0 Å². The molecule has 0 amide bonds. The highest BCUT2D eigenvalue weighted by Gasteiger charge is 2.45. The maximum atomic E-state index is 5.23. The summed E-state index contributed by atoms with van der Waals surface area (Å²) in [5.41, 5.74) is 3.70. The average Bonchev–Trinajstić information content (AvgIpc) is 3.91. The van der Waals surface area contributed by atoms with Crippen molar-refractivity contribution in [2.75, 3.05) is 57.3 Å². The third-order valence-electron chi connectivity index (χ3n) is 10.7. The van der Waals surface area contributed by atoms with Crippen molar-refractivity contribution in [2.45, 2.75) is 56.6 Å². The van der Waals surface area contributed by atoms with Crippen LogP contribution in [0, 0.1) is 0 Å². The molecule has 4 atom stereocenters. The van der Waals surface area contributed by atoms with E-state index in [2.05, 4.69) is 76.3 Å². The number of aromatic amines is 1. The highest BCUT2D eigenvalue weighted by molar-refractivity contribution is 5.41. The van der Waals surface area contributed by atoms with Crippen LogP contribution in [0.4, 0.5) is 11.6 Å². The zero-order chi connectivity index (χ0) is 34.7. The highest BCUT2D eigenvalue weighted by Crippen LogP contribution is 2.36. The number of nitrogens with one attached hydrogen (secondary N) is 1. The van der Waals surface area contributed by atoms with Gasteiger partial charge in [-0.15, -0.1) is 0 Å². The molecular formula is C38H46N10O3. The second-order valence-corrected chi connectivity index (χ2v) is 13.8. The molecule has 4 aromatic heterocycles. The van der Waals surface area contributed by atoms with Gasteiger partial charge in [-0.1, -0.05) is 24.3 Å². The van der Waals surface area contributed by atoms with Gasteiger partial charge in [0.15, 0.2) is 5.82 Å². The molecule has 0 aliphatic carbocycles. The first-order valence-electron chi connectivity index (χ1n) is 17.7. The summed E-state index contributed by atoms with van der Waals surface area (Å²) >= 11 is 0. The average molecular weight is 691 g/mol. The lowest BCUT2D eigenvalue weighted by molar-refractivity contribution is -0.00881. The minimum Gasteiger partial charge on any atom is -0.497 e. The summed E-state index contributed by atoms with van der Waals surface area (Å²) in [6.07, 6.45) is 10.3. The molecule has 5 aromatic rings. The number of aromatic nitrogens is 6. The van der Waals surface area contributed by atoms with Gasteiger partial charge in [-0.3, -0.25) is 19.6 Å². The van der Waals surface area contributed by atoms with Crippen LogP contribution >= 0.6 is 0 Å². The van der Waals surface area contributed by atoms with Crippen LogP contribution in [0.15, 0.2) is 85.5 Å². The number of benzene rings is 1. The first-order valence-corrected chi connectivity index (χ1v) is 17.7. The van der Waals surface area contributed by atoms with Gasteiger partial charge in [0, 0.05) is 106 Å². The van der Waals surface area contributed by atoms with E-state index in [0.29, 0.717) is 35.9 Å². The zero-order valence-electron chi connectivity index (χ0n) is 29.5. The lowest BCUT2D eigenvalue weighted by atomic mass is 9.87. The summed E-state index contributed by atoms with van der Waals surface area (Å²) in [5.74, 6) is 4.42. The Hall–Kier alpha value is -5.14. The van der Waals surface area contributed by atoms with Crippen LogP contribution in [-0.4, -0.2) is 111 Å². The minimum absolute atomic E-state index is 0.581. The van der Waals surface area contributed by atoms with E-state index in [1.165, 1.54) is 29.5 Å². The van der Waals surface area contributed by atoms with Gasteiger partial charge in [0.2, 0.25) is 11.8 Å². The second-order valence-electron chi connectivity index (χ2n) is 13.8. The Morgan fingerprint density at radius 3 is 1.69 bits per heavy atom. The third kappa shape index (κ3) is 7.22. The molecule has 1 N–H and O–H groups in total. The summed E-state index contributed by atoms with van der Waals surface area (Å²) in [7, 11) is 4.98. The van der Waals surface area contributed by atoms with Crippen LogP contribution in [-0.2, 0) is 19.6 Å². The molecule has 6 saturated heterocycles. The number of ether oxygens (including phenoxy) is 3. The summed E-state index contributed by atoms with van der Waals surface area (Å²) < 4.78 is 17.5.